The van der Waals surface area contributed by atoms with Crippen LogP contribution in [0, 0.1) is 5.82 Å². The minimum atomic E-state index is -4.69. The van der Waals surface area contributed by atoms with Crippen molar-refractivity contribution < 1.29 is 27.2 Å². The molecule has 0 unspecified atom stereocenters. The van der Waals surface area contributed by atoms with E-state index < -0.39 is 35.1 Å². The van der Waals surface area contributed by atoms with Gasteiger partial charge in [-0.2, -0.15) is 24.5 Å². The van der Waals surface area contributed by atoms with E-state index in [1.165, 1.54) is 11.3 Å². The maximum atomic E-state index is 13.5. The largest absolute Gasteiger partial charge is 0.416 e. The molecule has 2 rings (SSSR count). The number of nitrogens with one attached hydrogen (secondary N) is 2. The number of hydrogen-bond donors (Lipinski definition) is 2. The van der Waals surface area contributed by atoms with Crippen LogP contribution in [-0.2, 0) is 22.3 Å². The van der Waals surface area contributed by atoms with Crippen molar-refractivity contribution in [3.63, 3.8) is 0 Å². The maximum absolute atomic E-state index is 13.5. The Kier molecular flexibility index (Phi) is 4.99. The molecule has 122 valence electrons. The first kappa shape index (κ1) is 16.9. The molecule has 0 saturated heterocycles. The van der Waals surface area contributed by atoms with Gasteiger partial charge in [0.05, 0.1) is 11.3 Å². The van der Waals surface area contributed by atoms with E-state index in [0.29, 0.717) is 18.2 Å². The monoisotopic (exact) mass is 346 g/mol. The van der Waals surface area contributed by atoms with E-state index in [2.05, 4.69) is 5.32 Å². The Morgan fingerprint density at radius 3 is 2.48 bits per heavy atom. The molecular formula is C14H10F4N2O2S. The molecule has 0 aliphatic carbocycles. The molecule has 1 aromatic heterocycles. The fourth-order valence-electron chi connectivity index (χ4n) is 1.63. The zero-order valence-corrected chi connectivity index (χ0v) is 12.2. The van der Waals surface area contributed by atoms with Gasteiger partial charge in [0.25, 0.3) is 0 Å². The number of hydrogen-bond acceptors (Lipinski definition) is 3. The molecule has 0 bridgehead atoms. The molecule has 2 aromatic rings. The smallest absolute Gasteiger partial charge is 0.344 e. The van der Waals surface area contributed by atoms with Crippen LogP contribution in [0.4, 0.5) is 23.2 Å². The summed E-state index contributed by atoms with van der Waals surface area (Å²) < 4.78 is 51.2. The lowest BCUT2D eigenvalue weighted by molar-refractivity contribution is -0.137. The first-order valence-corrected chi connectivity index (χ1v) is 7.18. The molecule has 0 fully saturated rings. The molecule has 1 heterocycles. The predicted octanol–water partition coefficient (Wildman–Crippen LogP) is 3.16. The number of carbonyl (C=O) groups is 2. The van der Waals surface area contributed by atoms with E-state index in [-0.39, 0.29) is 6.54 Å². The zero-order valence-electron chi connectivity index (χ0n) is 11.4. The number of amides is 2. The molecule has 0 radical (unpaired) electrons. The topological polar surface area (TPSA) is 58.2 Å². The number of alkyl halides is 3. The normalized spacial score (nSPS) is 11.1. The van der Waals surface area contributed by atoms with E-state index in [4.69, 9.17) is 0 Å². The fraction of sp³-hybridized carbons (Fsp3) is 0.143. The van der Waals surface area contributed by atoms with Crippen LogP contribution >= 0.6 is 11.3 Å². The second-order valence-electron chi connectivity index (χ2n) is 4.46. The van der Waals surface area contributed by atoms with Crippen LogP contribution < -0.4 is 10.6 Å². The van der Waals surface area contributed by atoms with E-state index in [0.717, 1.165) is 5.56 Å². The van der Waals surface area contributed by atoms with Crippen molar-refractivity contribution in [1.29, 1.82) is 0 Å². The minimum Gasteiger partial charge on any atom is -0.344 e. The molecule has 0 saturated carbocycles. The van der Waals surface area contributed by atoms with Crippen molar-refractivity contribution in [2.45, 2.75) is 12.7 Å². The van der Waals surface area contributed by atoms with Crippen molar-refractivity contribution in [2.24, 2.45) is 0 Å². The van der Waals surface area contributed by atoms with Gasteiger partial charge < -0.3 is 10.6 Å². The van der Waals surface area contributed by atoms with Crippen LogP contribution in [0.3, 0.4) is 0 Å². The quantitative estimate of drug-likeness (QED) is 0.663. The number of benzene rings is 1. The van der Waals surface area contributed by atoms with Crippen molar-refractivity contribution in [2.75, 3.05) is 5.32 Å². The summed E-state index contributed by atoms with van der Waals surface area (Å²) >= 11 is 1.40. The summed E-state index contributed by atoms with van der Waals surface area (Å²) in [6, 6.07) is 3.28. The van der Waals surface area contributed by atoms with Crippen molar-refractivity contribution in [1.82, 2.24) is 5.32 Å². The van der Waals surface area contributed by atoms with Gasteiger partial charge in [-0.3, -0.25) is 9.59 Å². The van der Waals surface area contributed by atoms with Crippen LogP contribution in [0.1, 0.15) is 11.1 Å². The number of thiophene rings is 1. The number of anilines is 1. The Morgan fingerprint density at radius 2 is 1.87 bits per heavy atom. The second kappa shape index (κ2) is 6.78. The van der Waals surface area contributed by atoms with Crippen molar-refractivity contribution in [3.05, 3.63) is 52.0 Å². The molecule has 1 aromatic carbocycles. The highest BCUT2D eigenvalue weighted by atomic mass is 32.1. The summed E-state index contributed by atoms with van der Waals surface area (Å²) in [6.45, 7) is 0.0842. The Balaban J connectivity index is 2.03. The summed E-state index contributed by atoms with van der Waals surface area (Å²) in [6.07, 6.45) is -4.69. The minimum absolute atomic E-state index is 0.0842. The van der Waals surface area contributed by atoms with E-state index in [1.807, 2.05) is 5.32 Å². The van der Waals surface area contributed by atoms with Crippen LogP contribution in [-0.4, -0.2) is 11.8 Å². The molecule has 0 aliphatic heterocycles. The number of rotatable bonds is 3. The van der Waals surface area contributed by atoms with Crippen LogP contribution in [0.2, 0.25) is 0 Å². The van der Waals surface area contributed by atoms with Crippen molar-refractivity contribution >= 4 is 28.8 Å². The first-order valence-electron chi connectivity index (χ1n) is 6.24. The summed E-state index contributed by atoms with van der Waals surface area (Å²) in [5, 5.41) is 7.64. The highest BCUT2D eigenvalue weighted by Gasteiger charge is 2.31. The third-order valence-corrected chi connectivity index (χ3v) is 3.51. The SMILES string of the molecule is O=C(NCc1ccsc1)C(=O)Nc1cc(C(F)(F)F)ccc1F. The predicted molar refractivity (Wildman–Crippen MR) is 76.2 cm³/mol. The third kappa shape index (κ3) is 4.52. The van der Waals surface area contributed by atoms with Gasteiger partial charge in [0.2, 0.25) is 0 Å². The Morgan fingerprint density at radius 1 is 1.13 bits per heavy atom. The van der Waals surface area contributed by atoms with E-state index in [1.54, 1.807) is 16.8 Å². The summed E-state index contributed by atoms with van der Waals surface area (Å²) in [4.78, 5) is 23.2. The molecule has 2 N–H and O–H groups in total. The van der Waals surface area contributed by atoms with Crippen molar-refractivity contribution in [3.8, 4) is 0 Å². The number of halogens is 4. The lowest BCUT2D eigenvalue weighted by Crippen LogP contribution is -2.35. The average Bonchev–Trinajstić information content (AvgIpc) is 2.99. The molecule has 0 atom stereocenters. The summed E-state index contributed by atoms with van der Waals surface area (Å²) in [5.41, 5.74) is -1.08. The lowest BCUT2D eigenvalue weighted by Gasteiger charge is -2.11. The van der Waals surface area contributed by atoms with Gasteiger partial charge in [-0.15, -0.1) is 0 Å². The maximum Gasteiger partial charge on any atom is 0.416 e. The van der Waals surface area contributed by atoms with Gasteiger partial charge in [-0.25, -0.2) is 4.39 Å². The number of carbonyl (C=O) groups excluding carboxylic acids is 2. The molecule has 4 nitrogen and oxygen atoms in total. The Labute approximate surface area is 132 Å². The zero-order chi connectivity index (χ0) is 17.0. The van der Waals surface area contributed by atoms with Gasteiger partial charge >= 0.3 is 18.0 Å². The second-order valence-corrected chi connectivity index (χ2v) is 5.24. The first-order chi connectivity index (χ1) is 10.8. The molecule has 0 spiro atoms. The highest BCUT2D eigenvalue weighted by Crippen LogP contribution is 2.31. The molecule has 0 aliphatic rings. The van der Waals surface area contributed by atoms with Gasteiger partial charge in [0, 0.05) is 6.54 Å². The van der Waals surface area contributed by atoms with Gasteiger partial charge in [-0.05, 0) is 40.6 Å². The standard InChI is InChI=1S/C14H10F4N2O2S/c15-10-2-1-9(14(16,17)18)5-11(10)20-13(22)12(21)19-6-8-3-4-23-7-8/h1-5,7H,6H2,(H,19,21)(H,20,22). The lowest BCUT2D eigenvalue weighted by atomic mass is 10.2. The average molecular weight is 346 g/mol. The molecule has 9 heteroatoms. The molecule has 23 heavy (non-hydrogen) atoms. The van der Waals surface area contributed by atoms with Gasteiger partial charge in [-0.1, -0.05) is 0 Å². The van der Waals surface area contributed by atoms with E-state index >= 15 is 0 Å². The summed E-state index contributed by atoms with van der Waals surface area (Å²) in [5.74, 6) is -3.40. The molecule has 2 amide bonds. The van der Waals surface area contributed by atoms with Gasteiger partial charge in [0.15, 0.2) is 0 Å². The van der Waals surface area contributed by atoms with Crippen LogP contribution in [0.15, 0.2) is 35.0 Å². The molecular weight excluding hydrogens is 336 g/mol. The summed E-state index contributed by atoms with van der Waals surface area (Å²) in [7, 11) is 0. The third-order valence-electron chi connectivity index (χ3n) is 2.78. The Hall–Kier alpha value is -2.42. The highest BCUT2D eigenvalue weighted by molar-refractivity contribution is 7.07. The van der Waals surface area contributed by atoms with Crippen LogP contribution in [0.25, 0.3) is 0 Å². The Bertz CT molecular complexity index is 714. The fourth-order valence-corrected chi connectivity index (χ4v) is 2.30. The van der Waals surface area contributed by atoms with Crippen LogP contribution in [0.5, 0.6) is 0 Å². The van der Waals surface area contributed by atoms with E-state index in [9.17, 15) is 27.2 Å². The van der Waals surface area contributed by atoms with Gasteiger partial charge in [0.1, 0.15) is 5.82 Å².